The fourth-order valence-corrected chi connectivity index (χ4v) is 6.14. The summed E-state index contributed by atoms with van der Waals surface area (Å²) in [6, 6.07) is 14.5. The fourth-order valence-electron chi connectivity index (χ4n) is 4.73. The molecule has 1 aromatic heterocycles. The van der Waals surface area contributed by atoms with Crippen molar-refractivity contribution in [3.05, 3.63) is 75.2 Å². The molecule has 166 valence electrons. The number of thiophene rings is 1. The molecule has 6 heteroatoms. The lowest BCUT2D eigenvalue weighted by atomic mass is 9.94. The monoisotopic (exact) mass is 448 g/mol. The van der Waals surface area contributed by atoms with Crippen molar-refractivity contribution in [3.8, 4) is 11.5 Å². The minimum Gasteiger partial charge on any atom is -0.493 e. The molecular formula is C26H28N2O3S. The van der Waals surface area contributed by atoms with E-state index in [9.17, 15) is 4.79 Å². The molecule has 1 unspecified atom stereocenters. The average molecular weight is 449 g/mol. The molecule has 0 radical (unpaired) electrons. The molecule has 0 spiro atoms. The van der Waals surface area contributed by atoms with Gasteiger partial charge in [-0.1, -0.05) is 35.9 Å². The molecule has 1 N–H and O–H groups in total. The third-order valence-electron chi connectivity index (χ3n) is 6.41. The SMILES string of the molecule is COc1ccc(CN2c3sc4c(c3C(=O)NC2c2ccc(C)cc2)CCCC4)cc1OC. The van der Waals surface area contributed by atoms with Crippen molar-refractivity contribution in [1.29, 1.82) is 0 Å². The van der Waals surface area contributed by atoms with E-state index in [-0.39, 0.29) is 12.1 Å². The summed E-state index contributed by atoms with van der Waals surface area (Å²) in [6.07, 6.45) is 4.20. The van der Waals surface area contributed by atoms with Gasteiger partial charge in [0.25, 0.3) is 5.91 Å². The number of nitrogens with one attached hydrogen (secondary N) is 1. The van der Waals surface area contributed by atoms with Gasteiger partial charge in [0.2, 0.25) is 0 Å². The van der Waals surface area contributed by atoms with Gasteiger partial charge in [0.15, 0.2) is 11.5 Å². The molecule has 3 aromatic rings. The van der Waals surface area contributed by atoms with Crippen molar-refractivity contribution in [2.24, 2.45) is 0 Å². The lowest BCUT2D eigenvalue weighted by molar-refractivity contribution is 0.0925. The van der Waals surface area contributed by atoms with Crippen LogP contribution in [0.5, 0.6) is 11.5 Å². The van der Waals surface area contributed by atoms with Gasteiger partial charge in [-0.2, -0.15) is 0 Å². The van der Waals surface area contributed by atoms with Gasteiger partial charge in [0.1, 0.15) is 11.2 Å². The van der Waals surface area contributed by atoms with Gasteiger partial charge in [-0.25, -0.2) is 0 Å². The van der Waals surface area contributed by atoms with Crippen LogP contribution in [0.3, 0.4) is 0 Å². The van der Waals surface area contributed by atoms with Gasteiger partial charge in [-0.05, 0) is 61.4 Å². The number of benzene rings is 2. The number of carbonyl (C=O) groups excluding carboxylic acids is 1. The predicted octanol–water partition coefficient (Wildman–Crippen LogP) is 5.40. The number of aryl methyl sites for hydroxylation is 2. The maximum atomic E-state index is 13.3. The molecule has 2 aliphatic rings. The Kier molecular flexibility index (Phi) is 5.55. The van der Waals surface area contributed by atoms with E-state index in [2.05, 4.69) is 47.5 Å². The Morgan fingerprint density at radius 1 is 1.03 bits per heavy atom. The van der Waals surface area contributed by atoms with Crippen LogP contribution in [-0.2, 0) is 19.4 Å². The van der Waals surface area contributed by atoms with E-state index in [0.29, 0.717) is 18.0 Å². The summed E-state index contributed by atoms with van der Waals surface area (Å²) < 4.78 is 10.9. The van der Waals surface area contributed by atoms with E-state index in [1.165, 1.54) is 22.4 Å². The highest BCUT2D eigenvalue weighted by Gasteiger charge is 2.37. The first kappa shape index (κ1) is 20.9. The van der Waals surface area contributed by atoms with Crippen molar-refractivity contribution in [3.63, 3.8) is 0 Å². The number of ether oxygens (including phenoxy) is 2. The highest BCUT2D eigenvalue weighted by Crippen LogP contribution is 2.46. The van der Waals surface area contributed by atoms with Crippen LogP contribution in [-0.4, -0.2) is 20.1 Å². The van der Waals surface area contributed by atoms with Gasteiger partial charge in [0, 0.05) is 11.4 Å². The predicted molar refractivity (Wildman–Crippen MR) is 128 cm³/mol. The van der Waals surface area contributed by atoms with Crippen LogP contribution in [0, 0.1) is 6.92 Å². The lowest BCUT2D eigenvalue weighted by Gasteiger charge is -2.38. The van der Waals surface area contributed by atoms with Crippen LogP contribution >= 0.6 is 11.3 Å². The molecule has 1 aliphatic heterocycles. The molecule has 0 saturated heterocycles. The normalized spacial score (nSPS) is 17.4. The number of rotatable bonds is 5. The molecule has 2 aromatic carbocycles. The van der Waals surface area contributed by atoms with Crippen LogP contribution in [0.1, 0.15) is 56.5 Å². The number of anilines is 1. The summed E-state index contributed by atoms with van der Waals surface area (Å²) in [5.74, 6) is 1.47. The van der Waals surface area contributed by atoms with E-state index < -0.39 is 0 Å². The molecule has 1 aliphatic carbocycles. The number of hydrogen-bond donors (Lipinski definition) is 1. The fraction of sp³-hybridized carbons (Fsp3) is 0.346. The highest BCUT2D eigenvalue weighted by molar-refractivity contribution is 7.16. The van der Waals surface area contributed by atoms with E-state index in [4.69, 9.17) is 9.47 Å². The number of fused-ring (bicyclic) bond motifs is 3. The van der Waals surface area contributed by atoms with Gasteiger partial charge >= 0.3 is 0 Å². The zero-order chi connectivity index (χ0) is 22.2. The molecule has 5 rings (SSSR count). The Morgan fingerprint density at radius 2 is 1.78 bits per heavy atom. The summed E-state index contributed by atoms with van der Waals surface area (Å²) in [7, 11) is 3.30. The summed E-state index contributed by atoms with van der Waals surface area (Å²) in [5.41, 5.74) is 5.53. The summed E-state index contributed by atoms with van der Waals surface area (Å²) >= 11 is 1.80. The van der Waals surface area contributed by atoms with Crippen LogP contribution in [0.15, 0.2) is 42.5 Å². The van der Waals surface area contributed by atoms with Crippen molar-refractivity contribution in [2.75, 3.05) is 19.1 Å². The maximum Gasteiger partial charge on any atom is 0.256 e. The quantitative estimate of drug-likeness (QED) is 0.568. The standard InChI is InChI=1S/C26H28N2O3S/c1-16-8-11-18(12-9-16)24-27-25(29)23-19-6-4-5-7-22(19)32-26(23)28(24)15-17-10-13-20(30-2)21(14-17)31-3/h8-14,24H,4-7,15H2,1-3H3,(H,27,29). The number of hydrogen-bond acceptors (Lipinski definition) is 5. The first-order valence-corrected chi connectivity index (χ1v) is 11.9. The molecular weight excluding hydrogens is 420 g/mol. The second kappa shape index (κ2) is 8.51. The van der Waals surface area contributed by atoms with E-state index in [1.807, 2.05) is 12.1 Å². The average Bonchev–Trinajstić information content (AvgIpc) is 3.21. The van der Waals surface area contributed by atoms with Crippen LogP contribution in [0.4, 0.5) is 5.00 Å². The van der Waals surface area contributed by atoms with Crippen molar-refractivity contribution in [1.82, 2.24) is 5.32 Å². The number of nitrogens with zero attached hydrogens (tertiary/aromatic N) is 1. The summed E-state index contributed by atoms with van der Waals surface area (Å²) in [4.78, 5) is 17.0. The van der Waals surface area contributed by atoms with Crippen molar-refractivity contribution in [2.45, 2.75) is 45.3 Å². The maximum absolute atomic E-state index is 13.3. The van der Waals surface area contributed by atoms with Gasteiger partial charge in [0.05, 0.1) is 19.8 Å². The first-order chi connectivity index (χ1) is 15.6. The summed E-state index contributed by atoms with van der Waals surface area (Å²) in [6.45, 7) is 2.74. The smallest absolute Gasteiger partial charge is 0.256 e. The third-order valence-corrected chi connectivity index (χ3v) is 7.74. The third kappa shape index (κ3) is 3.62. The van der Waals surface area contributed by atoms with Crippen molar-refractivity contribution >= 4 is 22.2 Å². The molecule has 0 fully saturated rings. The number of amides is 1. The highest BCUT2D eigenvalue weighted by atomic mass is 32.1. The van der Waals surface area contributed by atoms with Crippen LogP contribution < -0.4 is 19.7 Å². The Bertz CT molecular complexity index is 1150. The molecule has 0 bridgehead atoms. The Hall–Kier alpha value is -2.99. The zero-order valence-electron chi connectivity index (χ0n) is 18.7. The second-order valence-electron chi connectivity index (χ2n) is 8.49. The van der Waals surface area contributed by atoms with E-state index in [1.54, 1.807) is 25.6 Å². The molecule has 2 heterocycles. The number of carbonyl (C=O) groups is 1. The Balaban J connectivity index is 1.60. The van der Waals surface area contributed by atoms with Gasteiger partial charge in [-0.15, -0.1) is 11.3 Å². The minimum absolute atomic E-state index is 0.0496. The molecule has 32 heavy (non-hydrogen) atoms. The zero-order valence-corrected chi connectivity index (χ0v) is 19.6. The van der Waals surface area contributed by atoms with Gasteiger partial charge < -0.3 is 19.7 Å². The Morgan fingerprint density at radius 3 is 2.53 bits per heavy atom. The Labute approximate surface area is 193 Å². The van der Waals surface area contributed by atoms with Crippen LogP contribution in [0.25, 0.3) is 0 Å². The van der Waals surface area contributed by atoms with Crippen LogP contribution in [0.2, 0.25) is 0 Å². The van der Waals surface area contributed by atoms with E-state index >= 15 is 0 Å². The number of methoxy groups -OCH3 is 2. The second-order valence-corrected chi connectivity index (χ2v) is 9.58. The molecule has 0 saturated carbocycles. The lowest BCUT2D eigenvalue weighted by Crippen LogP contribution is -2.45. The topological polar surface area (TPSA) is 50.8 Å². The first-order valence-electron chi connectivity index (χ1n) is 11.1. The largest absolute Gasteiger partial charge is 0.493 e. The molecule has 1 amide bonds. The molecule has 1 atom stereocenters. The minimum atomic E-state index is -0.219. The van der Waals surface area contributed by atoms with E-state index in [0.717, 1.165) is 41.0 Å². The molecule has 5 nitrogen and oxygen atoms in total. The van der Waals surface area contributed by atoms with Crippen molar-refractivity contribution < 1.29 is 14.3 Å². The summed E-state index contributed by atoms with van der Waals surface area (Å²) in [5, 5.41) is 4.39. The van der Waals surface area contributed by atoms with Gasteiger partial charge in [-0.3, -0.25) is 4.79 Å².